The molecule has 0 aliphatic rings. The van der Waals surface area contributed by atoms with Crippen LogP contribution in [0.5, 0.6) is 0 Å². The Bertz CT molecular complexity index is 494. The Morgan fingerprint density at radius 2 is 2.04 bits per heavy atom. The van der Waals surface area contributed by atoms with Crippen LogP contribution in [0.15, 0.2) is 24.3 Å². The van der Waals surface area contributed by atoms with E-state index in [0.29, 0.717) is 19.4 Å². The van der Waals surface area contributed by atoms with Gasteiger partial charge in [0.05, 0.1) is 13.0 Å². The van der Waals surface area contributed by atoms with E-state index in [4.69, 9.17) is 4.74 Å². The molecule has 6 heteroatoms. The molecule has 1 rings (SSSR count). The van der Waals surface area contributed by atoms with E-state index in [1.54, 1.807) is 0 Å². The third kappa shape index (κ3) is 8.57. The van der Waals surface area contributed by atoms with Gasteiger partial charge in [-0.25, -0.2) is 0 Å². The van der Waals surface area contributed by atoms with Crippen molar-refractivity contribution in [2.45, 2.75) is 26.2 Å². The minimum absolute atomic E-state index is 0. The van der Waals surface area contributed by atoms with Gasteiger partial charge in [0.2, 0.25) is 5.91 Å². The second-order valence-electron chi connectivity index (χ2n) is 5.42. The summed E-state index contributed by atoms with van der Waals surface area (Å²) in [6.45, 7) is 3.12. The smallest absolute Gasteiger partial charge is 0.310 e. The fourth-order valence-electron chi connectivity index (χ4n) is 2.28. The van der Waals surface area contributed by atoms with Crippen molar-refractivity contribution < 1.29 is 14.3 Å². The highest BCUT2D eigenvalue weighted by atomic mass is 35.5. The Balaban J connectivity index is 0.00000484. The van der Waals surface area contributed by atoms with E-state index < -0.39 is 0 Å². The van der Waals surface area contributed by atoms with Gasteiger partial charge < -0.3 is 15.4 Å². The molecule has 130 valence electrons. The molecule has 2 N–H and O–H groups in total. The highest BCUT2D eigenvalue weighted by Gasteiger charge is 2.20. The number of hydrogen-bond donors (Lipinski definition) is 2. The topological polar surface area (TPSA) is 67.4 Å². The van der Waals surface area contributed by atoms with Crippen molar-refractivity contribution in [1.82, 2.24) is 10.6 Å². The summed E-state index contributed by atoms with van der Waals surface area (Å²) in [6, 6.07) is 8.01. The number of carbonyl (C=O) groups excluding carboxylic acids is 2. The van der Waals surface area contributed by atoms with Gasteiger partial charge in [-0.2, -0.15) is 0 Å². The zero-order valence-corrected chi connectivity index (χ0v) is 14.9. The van der Waals surface area contributed by atoms with Crippen LogP contribution in [-0.2, 0) is 20.7 Å². The first-order valence-electron chi connectivity index (χ1n) is 7.61. The average molecular weight is 343 g/mol. The summed E-state index contributed by atoms with van der Waals surface area (Å²) < 4.78 is 4.85. The minimum Gasteiger partial charge on any atom is -0.469 e. The predicted octanol–water partition coefficient (Wildman–Crippen LogP) is 1.86. The fourth-order valence-corrected chi connectivity index (χ4v) is 2.28. The number of benzene rings is 1. The van der Waals surface area contributed by atoms with Crippen molar-refractivity contribution >= 4 is 24.3 Å². The number of halogens is 1. The summed E-state index contributed by atoms with van der Waals surface area (Å²) in [6.07, 6.45) is 1.80. The van der Waals surface area contributed by atoms with Gasteiger partial charge in [-0.3, -0.25) is 9.59 Å². The molecular formula is C17H27ClN2O3. The molecule has 1 unspecified atom stereocenters. The number of amides is 1. The monoisotopic (exact) mass is 342 g/mol. The summed E-state index contributed by atoms with van der Waals surface area (Å²) >= 11 is 0. The highest BCUT2D eigenvalue weighted by Crippen LogP contribution is 2.12. The maximum absolute atomic E-state index is 11.9. The molecule has 23 heavy (non-hydrogen) atoms. The first-order chi connectivity index (χ1) is 10.6. The van der Waals surface area contributed by atoms with Gasteiger partial charge in [0.25, 0.3) is 0 Å². The van der Waals surface area contributed by atoms with E-state index >= 15 is 0 Å². The Hall–Kier alpha value is -1.59. The molecule has 1 aromatic carbocycles. The van der Waals surface area contributed by atoms with E-state index in [-0.39, 0.29) is 30.2 Å². The van der Waals surface area contributed by atoms with Crippen LogP contribution in [0.2, 0.25) is 0 Å². The zero-order valence-electron chi connectivity index (χ0n) is 14.1. The number of hydrogen-bond acceptors (Lipinski definition) is 4. The van der Waals surface area contributed by atoms with E-state index in [9.17, 15) is 9.59 Å². The van der Waals surface area contributed by atoms with Gasteiger partial charge in [0.1, 0.15) is 0 Å². The van der Waals surface area contributed by atoms with Crippen molar-refractivity contribution in [2.24, 2.45) is 5.92 Å². The Morgan fingerprint density at radius 1 is 1.30 bits per heavy atom. The number of carbonyl (C=O) groups is 2. The molecule has 0 heterocycles. The lowest BCUT2D eigenvalue weighted by Gasteiger charge is -2.16. The molecule has 0 saturated carbocycles. The average Bonchev–Trinajstić information content (AvgIpc) is 2.51. The molecule has 0 aliphatic heterocycles. The van der Waals surface area contributed by atoms with Gasteiger partial charge in [-0.1, -0.05) is 29.8 Å². The number of aryl methyl sites for hydroxylation is 1. The van der Waals surface area contributed by atoms with Crippen molar-refractivity contribution in [3.05, 3.63) is 35.4 Å². The minimum atomic E-state index is -0.361. The van der Waals surface area contributed by atoms with Crippen LogP contribution in [-0.4, -0.2) is 39.1 Å². The molecule has 0 bridgehead atoms. The SMILES string of the molecule is CNCCCC(=O)NCC(Cc1cccc(C)c1)C(=O)OC.Cl. The first-order valence-corrected chi connectivity index (χ1v) is 7.61. The maximum atomic E-state index is 11.9. The van der Waals surface area contributed by atoms with Gasteiger partial charge >= 0.3 is 5.97 Å². The van der Waals surface area contributed by atoms with E-state index in [1.165, 1.54) is 7.11 Å². The van der Waals surface area contributed by atoms with Gasteiger partial charge in [0.15, 0.2) is 0 Å². The Morgan fingerprint density at radius 3 is 2.65 bits per heavy atom. The first kappa shape index (κ1) is 21.4. The molecular weight excluding hydrogens is 316 g/mol. The van der Waals surface area contributed by atoms with Crippen LogP contribution in [0, 0.1) is 12.8 Å². The molecule has 1 aromatic rings. The number of nitrogens with one attached hydrogen (secondary N) is 2. The normalized spacial score (nSPS) is 11.3. The molecule has 0 saturated heterocycles. The van der Waals surface area contributed by atoms with Crippen molar-refractivity contribution in [2.75, 3.05) is 27.2 Å². The molecule has 0 aliphatic carbocycles. The predicted molar refractivity (Wildman–Crippen MR) is 93.8 cm³/mol. The molecule has 5 nitrogen and oxygen atoms in total. The summed E-state index contributed by atoms with van der Waals surface area (Å²) in [5.41, 5.74) is 2.22. The summed E-state index contributed by atoms with van der Waals surface area (Å²) in [5, 5.41) is 5.82. The molecule has 0 fully saturated rings. The van der Waals surface area contributed by atoms with Gasteiger partial charge in [-0.15, -0.1) is 12.4 Å². The quantitative estimate of drug-likeness (QED) is 0.531. The lowest BCUT2D eigenvalue weighted by Crippen LogP contribution is -2.34. The van der Waals surface area contributed by atoms with Gasteiger partial charge in [-0.05, 0) is 38.9 Å². The highest BCUT2D eigenvalue weighted by molar-refractivity contribution is 5.85. The van der Waals surface area contributed by atoms with E-state index in [1.807, 2.05) is 38.2 Å². The number of methoxy groups -OCH3 is 1. The lowest BCUT2D eigenvalue weighted by molar-refractivity contribution is -0.145. The summed E-state index contributed by atoms with van der Waals surface area (Å²) in [5.74, 6) is -0.689. The largest absolute Gasteiger partial charge is 0.469 e. The van der Waals surface area contributed by atoms with Crippen LogP contribution >= 0.6 is 12.4 Å². The standard InChI is InChI=1S/C17H26N2O3.ClH/c1-13-6-4-7-14(10-13)11-15(17(21)22-3)12-19-16(20)8-5-9-18-2;/h4,6-7,10,15,18H,5,8-9,11-12H2,1-3H3,(H,19,20);1H. The van der Waals surface area contributed by atoms with E-state index in [2.05, 4.69) is 10.6 Å². The summed E-state index contributed by atoms with van der Waals surface area (Å²) in [7, 11) is 3.23. The third-order valence-electron chi connectivity index (χ3n) is 3.48. The number of esters is 1. The Labute approximate surface area is 144 Å². The second-order valence-corrected chi connectivity index (χ2v) is 5.42. The second kappa shape index (κ2) is 11.9. The molecule has 1 atom stereocenters. The van der Waals surface area contributed by atoms with E-state index in [0.717, 1.165) is 24.1 Å². The molecule has 1 amide bonds. The van der Waals surface area contributed by atoms with Crippen LogP contribution in [0.25, 0.3) is 0 Å². The Kier molecular flexibility index (Phi) is 11.1. The van der Waals surface area contributed by atoms with Crippen molar-refractivity contribution in [1.29, 1.82) is 0 Å². The third-order valence-corrected chi connectivity index (χ3v) is 3.48. The van der Waals surface area contributed by atoms with Crippen LogP contribution < -0.4 is 10.6 Å². The fraction of sp³-hybridized carbons (Fsp3) is 0.529. The lowest BCUT2D eigenvalue weighted by atomic mass is 9.98. The zero-order chi connectivity index (χ0) is 16.4. The maximum Gasteiger partial charge on any atom is 0.310 e. The number of ether oxygens (including phenoxy) is 1. The molecule has 0 spiro atoms. The van der Waals surface area contributed by atoms with Gasteiger partial charge in [0, 0.05) is 13.0 Å². The van der Waals surface area contributed by atoms with Crippen LogP contribution in [0.1, 0.15) is 24.0 Å². The van der Waals surface area contributed by atoms with Crippen LogP contribution in [0.3, 0.4) is 0 Å². The van der Waals surface area contributed by atoms with Crippen LogP contribution in [0.4, 0.5) is 0 Å². The molecule has 0 aromatic heterocycles. The summed E-state index contributed by atoms with van der Waals surface area (Å²) in [4.78, 5) is 23.6. The number of rotatable bonds is 9. The van der Waals surface area contributed by atoms with Crippen molar-refractivity contribution in [3.8, 4) is 0 Å². The molecule has 0 radical (unpaired) electrons. The van der Waals surface area contributed by atoms with Crippen molar-refractivity contribution in [3.63, 3.8) is 0 Å².